The Morgan fingerprint density at radius 1 is 0.892 bits per heavy atom. The summed E-state index contributed by atoms with van der Waals surface area (Å²) >= 11 is 28.3. The number of thioether (sulfide) groups is 1. The molecule has 14 heteroatoms. The van der Waals surface area contributed by atoms with E-state index >= 15 is 0 Å². The van der Waals surface area contributed by atoms with Gasteiger partial charge in [0.15, 0.2) is 5.13 Å². The molecule has 0 spiro atoms. The fraction of sp³-hybridized carbons (Fsp3) is 0.0435. The van der Waals surface area contributed by atoms with Gasteiger partial charge in [0.1, 0.15) is 0 Å². The van der Waals surface area contributed by atoms with Crippen molar-refractivity contribution in [2.24, 2.45) is 0 Å². The number of aromatic nitrogens is 1. The highest BCUT2D eigenvalue weighted by atomic mass is 35.5. The van der Waals surface area contributed by atoms with Crippen LogP contribution in [0.1, 0.15) is 20.7 Å². The summed E-state index contributed by atoms with van der Waals surface area (Å²) in [5.74, 6) is -2.37. The molecule has 2 aromatic carbocycles. The number of carbonyl (C=O) groups excluding carboxylic acids is 2. The lowest BCUT2D eigenvalue weighted by atomic mass is 10.1. The van der Waals surface area contributed by atoms with Crippen LogP contribution >= 0.6 is 80.8 Å². The Hall–Kier alpha value is -2.31. The van der Waals surface area contributed by atoms with Crippen LogP contribution in [0.4, 0.5) is 10.8 Å². The molecule has 0 bridgehead atoms. The Morgan fingerprint density at radius 2 is 1.57 bits per heavy atom. The molecule has 0 aliphatic rings. The number of thiophene rings is 1. The fourth-order valence-corrected chi connectivity index (χ4v) is 6.25. The number of amides is 2. The molecule has 0 fully saturated rings. The number of carbonyl (C=O) groups is 3. The van der Waals surface area contributed by atoms with E-state index in [0.717, 1.165) is 15.5 Å². The van der Waals surface area contributed by atoms with Crippen LogP contribution in [0.25, 0.3) is 10.6 Å². The van der Waals surface area contributed by atoms with Crippen molar-refractivity contribution in [3.05, 3.63) is 78.4 Å². The average molecular weight is 633 g/mol. The standard InChI is InChI=1S/C23H13Cl4N3O4S3/c24-17-15(16(22(33)34)18(25)20(27)19(17)26)21(32)28-10-3-5-11(6-4-10)36-9-14(31)30-23-29-12(8-37-23)13-2-1-7-35-13/h1-8H,9H2,(H,28,32)(H,33,34)(H,29,30,31). The minimum absolute atomic E-state index is 0.152. The smallest absolute Gasteiger partial charge is 0.338 e. The number of carboxylic acids is 1. The maximum Gasteiger partial charge on any atom is 0.338 e. The summed E-state index contributed by atoms with van der Waals surface area (Å²) in [4.78, 5) is 43.1. The molecule has 4 aromatic rings. The normalized spacial score (nSPS) is 10.8. The zero-order valence-corrected chi connectivity index (χ0v) is 23.7. The Labute approximate surface area is 242 Å². The molecule has 37 heavy (non-hydrogen) atoms. The number of rotatable bonds is 8. The molecule has 2 aromatic heterocycles. The average Bonchev–Trinajstić information content (AvgIpc) is 3.56. The van der Waals surface area contributed by atoms with E-state index in [-0.39, 0.29) is 31.8 Å². The summed E-state index contributed by atoms with van der Waals surface area (Å²) in [6.07, 6.45) is 0. The number of halogens is 4. The molecule has 0 atom stereocenters. The van der Waals surface area contributed by atoms with E-state index in [1.807, 2.05) is 22.9 Å². The maximum absolute atomic E-state index is 12.8. The number of thiazole rings is 1. The molecule has 2 amide bonds. The van der Waals surface area contributed by atoms with Crippen LogP contribution in [0.3, 0.4) is 0 Å². The number of benzene rings is 2. The van der Waals surface area contributed by atoms with E-state index in [2.05, 4.69) is 15.6 Å². The van der Waals surface area contributed by atoms with Gasteiger partial charge in [-0.1, -0.05) is 52.5 Å². The summed E-state index contributed by atoms with van der Waals surface area (Å²) in [5.41, 5.74) is 0.213. The number of anilines is 2. The van der Waals surface area contributed by atoms with Gasteiger partial charge in [0.2, 0.25) is 5.91 Å². The number of aromatic carboxylic acids is 1. The first-order valence-electron chi connectivity index (χ1n) is 10.1. The van der Waals surface area contributed by atoms with Gasteiger partial charge in [0.05, 0.1) is 47.5 Å². The second kappa shape index (κ2) is 12.0. The minimum atomic E-state index is -1.49. The van der Waals surface area contributed by atoms with Crippen LogP contribution in [-0.4, -0.2) is 33.6 Å². The van der Waals surface area contributed by atoms with Gasteiger partial charge in [-0.05, 0) is 35.7 Å². The molecule has 0 unspecified atom stereocenters. The van der Waals surface area contributed by atoms with E-state index < -0.39 is 23.0 Å². The molecule has 7 nitrogen and oxygen atoms in total. The summed E-state index contributed by atoms with van der Waals surface area (Å²) in [6.45, 7) is 0. The van der Waals surface area contributed by atoms with Crippen molar-refractivity contribution in [2.75, 3.05) is 16.4 Å². The first kappa shape index (κ1) is 27.7. The second-order valence-electron chi connectivity index (χ2n) is 7.14. The zero-order valence-electron chi connectivity index (χ0n) is 18.2. The maximum atomic E-state index is 12.8. The van der Waals surface area contributed by atoms with Crippen LogP contribution in [0, 0.1) is 0 Å². The van der Waals surface area contributed by atoms with Gasteiger partial charge in [0, 0.05) is 16.0 Å². The molecule has 0 aliphatic heterocycles. The van der Waals surface area contributed by atoms with E-state index in [4.69, 9.17) is 46.4 Å². The van der Waals surface area contributed by atoms with Gasteiger partial charge in [0.25, 0.3) is 5.91 Å². The molecule has 0 saturated carbocycles. The van der Waals surface area contributed by atoms with E-state index in [0.29, 0.717) is 10.8 Å². The fourth-order valence-electron chi connectivity index (χ4n) is 3.05. The van der Waals surface area contributed by atoms with Crippen molar-refractivity contribution in [1.29, 1.82) is 0 Å². The first-order chi connectivity index (χ1) is 17.7. The van der Waals surface area contributed by atoms with Crippen molar-refractivity contribution in [3.8, 4) is 10.6 Å². The number of hydrogen-bond donors (Lipinski definition) is 3. The third-order valence-corrected chi connectivity index (χ3v) is 9.18. The lowest BCUT2D eigenvalue weighted by molar-refractivity contribution is -0.113. The van der Waals surface area contributed by atoms with Gasteiger partial charge in [-0.15, -0.1) is 34.4 Å². The van der Waals surface area contributed by atoms with Crippen molar-refractivity contribution in [1.82, 2.24) is 4.98 Å². The van der Waals surface area contributed by atoms with Crippen molar-refractivity contribution >= 4 is 109 Å². The third kappa shape index (κ3) is 6.40. The highest BCUT2D eigenvalue weighted by Crippen LogP contribution is 2.42. The highest BCUT2D eigenvalue weighted by molar-refractivity contribution is 8.00. The lowest BCUT2D eigenvalue weighted by Crippen LogP contribution is -2.18. The quantitative estimate of drug-likeness (QED) is 0.103. The van der Waals surface area contributed by atoms with E-state index in [1.165, 1.54) is 23.1 Å². The van der Waals surface area contributed by atoms with Gasteiger partial charge in [-0.3, -0.25) is 9.59 Å². The van der Waals surface area contributed by atoms with Crippen molar-refractivity contribution < 1.29 is 19.5 Å². The van der Waals surface area contributed by atoms with Gasteiger partial charge >= 0.3 is 5.97 Å². The minimum Gasteiger partial charge on any atom is -0.478 e. The predicted octanol–water partition coefficient (Wildman–Crippen LogP) is 8.17. The topological polar surface area (TPSA) is 108 Å². The third-order valence-electron chi connectivity index (χ3n) is 4.71. The molecule has 0 radical (unpaired) electrons. The molecular weight excluding hydrogens is 620 g/mol. The van der Waals surface area contributed by atoms with E-state index in [9.17, 15) is 19.5 Å². The largest absolute Gasteiger partial charge is 0.478 e. The summed E-state index contributed by atoms with van der Waals surface area (Å²) in [6, 6.07) is 10.5. The van der Waals surface area contributed by atoms with E-state index in [1.54, 1.807) is 35.6 Å². The number of hydrogen-bond acceptors (Lipinski definition) is 7. The lowest BCUT2D eigenvalue weighted by Gasteiger charge is -2.14. The molecule has 0 saturated heterocycles. The molecule has 3 N–H and O–H groups in total. The van der Waals surface area contributed by atoms with Crippen molar-refractivity contribution in [3.63, 3.8) is 0 Å². The Balaban J connectivity index is 1.37. The van der Waals surface area contributed by atoms with Crippen LogP contribution in [0.15, 0.2) is 52.1 Å². The number of nitrogens with zero attached hydrogens (tertiary/aromatic N) is 1. The van der Waals surface area contributed by atoms with Gasteiger partial charge in [-0.2, -0.15) is 0 Å². The number of carboxylic acid groups (broad SMARTS) is 1. The van der Waals surface area contributed by atoms with Gasteiger partial charge < -0.3 is 15.7 Å². The summed E-state index contributed by atoms with van der Waals surface area (Å²) < 4.78 is 0. The molecule has 4 rings (SSSR count). The van der Waals surface area contributed by atoms with Crippen LogP contribution < -0.4 is 10.6 Å². The molecule has 0 aliphatic carbocycles. The highest BCUT2D eigenvalue weighted by Gasteiger charge is 2.29. The second-order valence-corrected chi connectivity index (χ2v) is 11.5. The first-order valence-corrected chi connectivity index (χ1v) is 14.3. The Kier molecular flexibility index (Phi) is 9.02. The van der Waals surface area contributed by atoms with Gasteiger partial charge in [-0.25, -0.2) is 9.78 Å². The summed E-state index contributed by atoms with van der Waals surface area (Å²) in [7, 11) is 0. The molecule has 2 heterocycles. The van der Waals surface area contributed by atoms with Crippen LogP contribution in [-0.2, 0) is 4.79 Å². The Bertz CT molecular complexity index is 1490. The van der Waals surface area contributed by atoms with Crippen LogP contribution in [0.5, 0.6) is 0 Å². The molecule has 190 valence electrons. The Morgan fingerprint density at radius 3 is 2.19 bits per heavy atom. The van der Waals surface area contributed by atoms with Crippen LogP contribution in [0.2, 0.25) is 20.1 Å². The number of nitrogens with one attached hydrogen (secondary N) is 2. The zero-order chi connectivity index (χ0) is 26.7. The van der Waals surface area contributed by atoms with Crippen molar-refractivity contribution in [2.45, 2.75) is 4.90 Å². The monoisotopic (exact) mass is 631 g/mol. The predicted molar refractivity (Wildman–Crippen MR) is 153 cm³/mol. The molecular formula is C23H13Cl4N3O4S3. The SMILES string of the molecule is O=C(CSc1ccc(NC(=O)c2c(Cl)c(Cl)c(Cl)c(Cl)c2C(=O)O)cc1)Nc1nc(-c2cccs2)cs1. The summed E-state index contributed by atoms with van der Waals surface area (Å²) in [5, 5.41) is 18.0.